The highest BCUT2D eigenvalue weighted by Gasteiger charge is 2.48. The summed E-state index contributed by atoms with van der Waals surface area (Å²) in [5.41, 5.74) is 0. The first-order valence-corrected chi connectivity index (χ1v) is 9.14. The molecule has 4 rings (SSSR count). The molecule has 3 aliphatic rings. The summed E-state index contributed by atoms with van der Waals surface area (Å²) < 4.78 is 11.4. The number of carbonyl (C=O) groups is 3. The maximum atomic E-state index is 12.4. The number of para-hydroxylation sites is 2. The molecule has 1 aromatic carbocycles. The fraction of sp³-hybridized carbons (Fsp3) is 0.526. The second-order valence-electron chi connectivity index (χ2n) is 7.06. The van der Waals surface area contributed by atoms with E-state index >= 15 is 0 Å². The van der Waals surface area contributed by atoms with Gasteiger partial charge in [-0.1, -0.05) is 25.0 Å². The van der Waals surface area contributed by atoms with Crippen molar-refractivity contribution in [2.24, 2.45) is 11.8 Å². The average Bonchev–Trinajstić information content (AvgIpc) is 2.91. The van der Waals surface area contributed by atoms with Crippen LogP contribution in [-0.2, 0) is 14.4 Å². The van der Waals surface area contributed by atoms with Gasteiger partial charge in [-0.3, -0.25) is 19.3 Å². The molecule has 0 spiro atoms. The van der Waals surface area contributed by atoms with Gasteiger partial charge in [-0.15, -0.1) is 0 Å². The van der Waals surface area contributed by atoms with Crippen molar-refractivity contribution >= 4 is 17.7 Å². The maximum absolute atomic E-state index is 12.4. The minimum Gasteiger partial charge on any atom is -0.486 e. The van der Waals surface area contributed by atoms with Crippen molar-refractivity contribution in [1.82, 2.24) is 10.2 Å². The van der Waals surface area contributed by atoms with Gasteiger partial charge in [0.25, 0.3) is 0 Å². The van der Waals surface area contributed by atoms with E-state index < -0.39 is 0 Å². The summed E-state index contributed by atoms with van der Waals surface area (Å²) in [4.78, 5) is 38.2. The number of imide groups is 1. The first kappa shape index (κ1) is 16.9. The Hall–Kier alpha value is -2.57. The molecule has 1 aromatic rings. The second-order valence-corrected chi connectivity index (χ2v) is 7.06. The molecule has 7 nitrogen and oxygen atoms in total. The minimum absolute atomic E-state index is 0.193. The predicted octanol–water partition coefficient (Wildman–Crippen LogP) is 1.12. The summed E-state index contributed by atoms with van der Waals surface area (Å²) in [5, 5.41) is 2.74. The van der Waals surface area contributed by atoms with Gasteiger partial charge in [0.1, 0.15) is 19.3 Å². The zero-order valence-electron chi connectivity index (χ0n) is 14.5. The number of hydrogen-bond donors (Lipinski definition) is 1. The number of carbonyl (C=O) groups excluding carboxylic acids is 3. The third-order valence-electron chi connectivity index (χ3n) is 5.33. The fourth-order valence-electron chi connectivity index (χ4n) is 3.98. The average molecular weight is 358 g/mol. The maximum Gasteiger partial charge on any atom is 0.240 e. The molecule has 1 saturated carbocycles. The number of rotatable bonds is 4. The van der Waals surface area contributed by atoms with Gasteiger partial charge in [0.2, 0.25) is 17.7 Å². The van der Waals surface area contributed by atoms with Crippen LogP contribution >= 0.6 is 0 Å². The number of nitrogens with one attached hydrogen (secondary N) is 1. The number of likely N-dealkylation sites (tertiary alicyclic amines) is 1. The van der Waals surface area contributed by atoms with E-state index in [1.165, 1.54) is 0 Å². The van der Waals surface area contributed by atoms with Crippen LogP contribution in [-0.4, -0.2) is 48.4 Å². The Bertz CT molecular complexity index is 710. The van der Waals surface area contributed by atoms with Crippen molar-refractivity contribution in [2.75, 3.05) is 19.7 Å². The molecule has 1 aliphatic carbocycles. The summed E-state index contributed by atoms with van der Waals surface area (Å²) in [6.07, 6.45) is 3.14. The van der Waals surface area contributed by atoms with Gasteiger partial charge in [-0.25, -0.2) is 0 Å². The van der Waals surface area contributed by atoms with Crippen LogP contribution < -0.4 is 14.8 Å². The zero-order valence-corrected chi connectivity index (χ0v) is 14.5. The van der Waals surface area contributed by atoms with Gasteiger partial charge >= 0.3 is 0 Å². The van der Waals surface area contributed by atoms with Crippen molar-refractivity contribution in [3.8, 4) is 11.5 Å². The number of hydrogen-bond acceptors (Lipinski definition) is 5. The van der Waals surface area contributed by atoms with Crippen molar-refractivity contribution in [1.29, 1.82) is 0 Å². The standard InChI is InChI=1S/C19H22N2O5/c22-17(10-21-18(23)13-5-1-2-6-14(13)19(21)24)20-9-12-11-25-15-7-3-4-8-16(15)26-12/h3-4,7-8,12-14H,1-2,5-6,9-11H2,(H,20,22)/t12-,13+,14+/m0/s1. The van der Waals surface area contributed by atoms with E-state index in [0.717, 1.165) is 30.6 Å². The lowest BCUT2D eigenvalue weighted by Crippen LogP contribution is -2.45. The predicted molar refractivity (Wildman–Crippen MR) is 91.5 cm³/mol. The molecule has 2 heterocycles. The highest BCUT2D eigenvalue weighted by atomic mass is 16.6. The molecule has 138 valence electrons. The van der Waals surface area contributed by atoms with Crippen LogP contribution in [0.2, 0.25) is 0 Å². The number of nitrogens with zero attached hydrogens (tertiary/aromatic N) is 1. The Labute approximate surface area is 151 Å². The van der Waals surface area contributed by atoms with Gasteiger partial charge in [0.05, 0.1) is 18.4 Å². The molecule has 3 atom stereocenters. The molecule has 2 fully saturated rings. The molecule has 0 aromatic heterocycles. The Kier molecular flexibility index (Phi) is 4.53. The van der Waals surface area contributed by atoms with Crippen LogP contribution in [0.3, 0.4) is 0 Å². The summed E-state index contributed by atoms with van der Waals surface area (Å²) in [6.45, 7) is 0.383. The highest BCUT2D eigenvalue weighted by molar-refractivity contribution is 6.07. The Balaban J connectivity index is 1.29. The largest absolute Gasteiger partial charge is 0.486 e. The highest BCUT2D eigenvalue weighted by Crippen LogP contribution is 2.37. The van der Waals surface area contributed by atoms with E-state index in [9.17, 15) is 14.4 Å². The van der Waals surface area contributed by atoms with Crippen LogP contribution in [0.5, 0.6) is 11.5 Å². The first-order chi connectivity index (χ1) is 12.6. The SMILES string of the molecule is O=C(CN1C(=O)[C@@H]2CCCC[C@H]2C1=O)NC[C@H]1COc2ccccc2O1. The smallest absolute Gasteiger partial charge is 0.240 e. The third kappa shape index (κ3) is 3.13. The van der Waals surface area contributed by atoms with Crippen LogP contribution in [0.4, 0.5) is 0 Å². The monoisotopic (exact) mass is 358 g/mol. The van der Waals surface area contributed by atoms with E-state index in [1.54, 1.807) is 0 Å². The molecular weight excluding hydrogens is 336 g/mol. The summed E-state index contributed by atoms with van der Waals surface area (Å²) in [5.74, 6) is 0.138. The molecule has 0 radical (unpaired) electrons. The van der Waals surface area contributed by atoms with Gasteiger partial charge < -0.3 is 14.8 Å². The molecule has 26 heavy (non-hydrogen) atoms. The van der Waals surface area contributed by atoms with Crippen LogP contribution in [0.15, 0.2) is 24.3 Å². The molecule has 1 N–H and O–H groups in total. The van der Waals surface area contributed by atoms with Gasteiger partial charge in [-0.2, -0.15) is 0 Å². The quantitative estimate of drug-likeness (QED) is 0.816. The van der Waals surface area contributed by atoms with E-state index in [1.807, 2.05) is 24.3 Å². The number of ether oxygens (including phenoxy) is 2. The molecule has 1 saturated heterocycles. The van der Waals surface area contributed by atoms with E-state index in [2.05, 4.69) is 5.32 Å². The lowest BCUT2D eigenvalue weighted by atomic mass is 9.81. The fourth-order valence-corrected chi connectivity index (χ4v) is 3.98. The van der Waals surface area contributed by atoms with Crippen molar-refractivity contribution in [3.05, 3.63) is 24.3 Å². The van der Waals surface area contributed by atoms with Crippen molar-refractivity contribution < 1.29 is 23.9 Å². The number of fused-ring (bicyclic) bond motifs is 2. The van der Waals surface area contributed by atoms with Gasteiger partial charge in [0, 0.05) is 0 Å². The third-order valence-corrected chi connectivity index (χ3v) is 5.33. The molecule has 0 unspecified atom stereocenters. The number of amides is 3. The number of benzene rings is 1. The first-order valence-electron chi connectivity index (χ1n) is 9.14. The Morgan fingerprint density at radius 1 is 1.08 bits per heavy atom. The summed E-state index contributed by atoms with van der Waals surface area (Å²) in [7, 11) is 0. The normalized spacial score (nSPS) is 27.2. The molecule has 7 heteroatoms. The topological polar surface area (TPSA) is 84.9 Å². The Morgan fingerprint density at radius 2 is 1.73 bits per heavy atom. The van der Waals surface area contributed by atoms with E-state index in [4.69, 9.17) is 9.47 Å². The summed E-state index contributed by atoms with van der Waals surface area (Å²) >= 11 is 0. The molecule has 0 bridgehead atoms. The summed E-state index contributed by atoms with van der Waals surface area (Å²) in [6, 6.07) is 7.36. The van der Waals surface area contributed by atoms with Crippen molar-refractivity contribution in [2.45, 2.75) is 31.8 Å². The van der Waals surface area contributed by atoms with Crippen LogP contribution in [0, 0.1) is 11.8 Å². The van der Waals surface area contributed by atoms with E-state index in [-0.39, 0.29) is 48.8 Å². The van der Waals surface area contributed by atoms with Gasteiger partial charge in [-0.05, 0) is 25.0 Å². The molecule has 3 amide bonds. The molecular formula is C19H22N2O5. The Morgan fingerprint density at radius 3 is 2.42 bits per heavy atom. The zero-order chi connectivity index (χ0) is 18.1. The van der Waals surface area contributed by atoms with E-state index in [0.29, 0.717) is 18.1 Å². The van der Waals surface area contributed by atoms with Crippen LogP contribution in [0.25, 0.3) is 0 Å². The van der Waals surface area contributed by atoms with Gasteiger partial charge in [0.15, 0.2) is 11.5 Å². The molecule has 2 aliphatic heterocycles. The minimum atomic E-state index is -0.354. The van der Waals surface area contributed by atoms with Crippen molar-refractivity contribution in [3.63, 3.8) is 0 Å². The van der Waals surface area contributed by atoms with Crippen LogP contribution in [0.1, 0.15) is 25.7 Å². The second kappa shape index (κ2) is 6.97. The lowest BCUT2D eigenvalue weighted by molar-refractivity contribution is -0.143. The lowest BCUT2D eigenvalue weighted by Gasteiger charge is -2.26.